The fourth-order valence-corrected chi connectivity index (χ4v) is 3.11. The molecule has 0 saturated heterocycles. The summed E-state index contributed by atoms with van der Waals surface area (Å²) in [6.45, 7) is 2.19. The third kappa shape index (κ3) is 2.73. The van der Waals surface area contributed by atoms with E-state index in [0.717, 1.165) is 19.3 Å². The third-order valence-corrected chi connectivity index (χ3v) is 4.25. The fourth-order valence-electron chi connectivity index (χ4n) is 2.53. The molecule has 1 aromatic carbocycles. The number of fused-ring (bicyclic) bond motifs is 1. The summed E-state index contributed by atoms with van der Waals surface area (Å²) in [6.07, 6.45) is 9.64. The maximum absolute atomic E-state index is 5.40. The number of halogens is 1. The molecule has 0 fully saturated rings. The molecule has 2 rings (SSSR count). The van der Waals surface area contributed by atoms with E-state index in [-0.39, 0.29) is 0 Å². The minimum Gasteiger partial charge on any atom is -0.306 e. The van der Waals surface area contributed by atoms with Crippen LogP contribution in [0.15, 0.2) is 22.7 Å². The van der Waals surface area contributed by atoms with Gasteiger partial charge in [0.1, 0.15) is 0 Å². The van der Waals surface area contributed by atoms with Crippen LogP contribution in [0.5, 0.6) is 0 Å². The van der Waals surface area contributed by atoms with Crippen LogP contribution in [0.3, 0.4) is 0 Å². The van der Waals surface area contributed by atoms with Gasteiger partial charge in [-0.25, -0.2) is 0 Å². The van der Waals surface area contributed by atoms with E-state index in [1.165, 1.54) is 22.0 Å². The molecule has 2 unspecified atom stereocenters. The van der Waals surface area contributed by atoms with Gasteiger partial charge in [0.2, 0.25) is 0 Å². The van der Waals surface area contributed by atoms with Crippen molar-refractivity contribution in [3.05, 3.63) is 33.8 Å². The van der Waals surface area contributed by atoms with Crippen LogP contribution in [-0.4, -0.2) is 6.04 Å². The van der Waals surface area contributed by atoms with E-state index in [4.69, 9.17) is 6.42 Å². The highest BCUT2D eigenvalue weighted by atomic mass is 79.9. The molecular weight excluding hydrogens is 274 g/mol. The molecule has 0 spiro atoms. The van der Waals surface area contributed by atoms with Crippen LogP contribution in [0, 0.1) is 12.3 Å². The Morgan fingerprint density at radius 1 is 1.59 bits per heavy atom. The first-order valence-electron chi connectivity index (χ1n) is 6.23. The molecule has 1 N–H and O–H groups in total. The van der Waals surface area contributed by atoms with E-state index in [1.54, 1.807) is 0 Å². The molecule has 0 amide bonds. The van der Waals surface area contributed by atoms with E-state index in [2.05, 4.69) is 52.3 Å². The molecule has 0 bridgehead atoms. The number of rotatable bonds is 4. The Balaban J connectivity index is 2.12. The van der Waals surface area contributed by atoms with Crippen molar-refractivity contribution < 1.29 is 0 Å². The molecule has 90 valence electrons. The number of hydrogen-bond acceptors (Lipinski definition) is 1. The maximum atomic E-state index is 5.40. The van der Waals surface area contributed by atoms with E-state index in [9.17, 15) is 0 Å². The molecular formula is C15H18BrN. The van der Waals surface area contributed by atoms with Crippen molar-refractivity contribution in [1.82, 2.24) is 5.32 Å². The molecule has 0 aromatic heterocycles. The summed E-state index contributed by atoms with van der Waals surface area (Å²) in [5.74, 6) is 2.76. The number of benzene rings is 1. The molecule has 0 radical (unpaired) electrons. The average Bonchev–Trinajstić information content (AvgIpc) is 2.73. The van der Waals surface area contributed by atoms with Gasteiger partial charge in [-0.1, -0.05) is 35.0 Å². The van der Waals surface area contributed by atoms with Gasteiger partial charge in [0.15, 0.2) is 0 Å². The summed E-state index contributed by atoms with van der Waals surface area (Å²) in [7, 11) is 0. The molecule has 0 heterocycles. The van der Waals surface area contributed by atoms with Crippen molar-refractivity contribution in [1.29, 1.82) is 0 Å². The molecule has 2 heteroatoms. The van der Waals surface area contributed by atoms with E-state index in [0.29, 0.717) is 12.1 Å². The van der Waals surface area contributed by atoms with Crippen molar-refractivity contribution in [3.8, 4) is 12.3 Å². The second-order valence-electron chi connectivity index (χ2n) is 4.58. The van der Waals surface area contributed by atoms with Crippen LogP contribution in [-0.2, 0) is 6.42 Å². The van der Waals surface area contributed by atoms with E-state index in [1.807, 2.05) is 0 Å². The zero-order chi connectivity index (χ0) is 12.3. The van der Waals surface area contributed by atoms with E-state index < -0.39 is 0 Å². The van der Waals surface area contributed by atoms with Crippen LogP contribution in [0.2, 0.25) is 0 Å². The molecule has 1 aromatic rings. The van der Waals surface area contributed by atoms with Gasteiger partial charge in [0.05, 0.1) is 0 Å². The Morgan fingerprint density at radius 3 is 3.12 bits per heavy atom. The lowest BCUT2D eigenvalue weighted by Crippen LogP contribution is -2.31. The second-order valence-corrected chi connectivity index (χ2v) is 5.43. The predicted octanol–water partition coefficient (Wildman–Crippen LogP) is 3.83. The predicted molar refractivity (Wildman–Crippen MR) is 75.9 cm³/mol. The highest BCUT2D eigenvalue weighted by molar-refractivity contribution is 9.10. The Morgan fingerprint density at radius 2 is 2.41 bits per heavy atom. The van der Waals surface area contributed by atoms with Crippen molar-refractivity contribution in [2.24, 2.45) is 0 Å². The van der Waals surface area contributed by atoms with Crippen molar-refractivity contribution in [2.45, 2.75) is 44.7 Å². The smallest absolute Gasteiger partial charge is 0.0329 e. The summed E-state index contributed by atoms with van der Waals surface area (Å²) in [4.78, 5) is 0. The van der Waals surface area contributed by atoms with Crippen LogP contribution < -0.4 is 5.32 Å². The van der Waals surface area contributed by atoms with Gasteiger partial charge in [-0.3, -0.25) is 0 Å². The minimum atomic E-state index is 0.440. The van der Waals surface area contributed by atoms with Crippen LogP contribution in [0.4, 0.5) is 0 Å². The number of nitrogens with one attached hydrogen (secondary N) is 1. The normalized spacial score (nSPS) is 19.7. The third-order valence-electron chi connectivity index (χ3n) is 3.51. The van der Waals surface area contributed by atoms with Crippen molar-refractivity contribution in [2.75, 3.05) is 0 Å². The average molecular weight is 292 g/mol. The maximum Gasteiger partial charge on any atom is 0.0329 e. The molecule has 1 nitrogen and oxygen atoms in total. The monoisotopic (exact) mass is 291 g/mol. The SMILES string of the molecule is C#CCC(CC)NC1CCc2c(Br)cccc21. The lowest BCUT2D eigenvalue weighted by atomic mass is 10.1. The molecule has 1 aliphatic rings. The summed E-state index contributed by atoms with van der Waals surface area (Å²) < 4.78 is 1.24. The highest BCUT2D eigenvalue weighted by Gasteiger charge is 2.25. The largest absolute Gasteiger partial charge is 0.306 e. The lowest BCUT2D eigenvalue weighted by Gasteiger charge is -2.21. The van der Waals surface area contributed by atoms with Gasteiger partial charge in [-0.05, 0) is 36.5 Å². The standard InChI is InChI=1S/C15H18BrN/c1-3-6-11(4-2)17-15-10-9-12-13(15)7-5-8-14(12)16/h1,5,7-8,11,15,17H,4,6,9-10H2,2H3. The molecule has 1 aliphatic carbocycles. The number of hydrogen-bond donors (Lipinski definition) is 1. The zero-order valence-corrected chi connectivity index (χ0v) is 11.8. The molecule has 2 atom stereocenters. The van der Waals surface area contributed by atoms with Gasteiger partial charge < -0.3 is 5.32 Å². The quantitative estimate of drug-likeness (QED) is 0.832. The van der Waals surface area contributed by atoms with Gasteiger partial charge in [-0.2, -0.15) is 0 Å². The number of terminal acetylenes is 1. The van der Waals surface area contributed by atoms with Crippen molar-refractivity contribution >= 4 is 15.9 Å². The summed E-state index contributed by atoms with van der Waals surface area (Å²) in [5.41, 5.74) is 2.90. The van der Waals surface area contributed by atoms with Gasteiger partial charge in [0, 0.05) is 23.0 Å². The molecule has 0 saturated carbocycles. The minimum absolute atomic E-state index is 0.440. The van der Waals surface area contributed by atoms with Gasteiger partial charge in [0.25, 0.3) is 0 Å². The Labute approximate surface area is 112 Å². The van der Waals surface area contributed by atoms with E-state index >= 15 is 0 Å². The van der Waals surface area contributed by atoms with Gasteiger partial charge >= 0.3 is 0 Å². The Kier molecular flexibility index (Phi) is 4.25. The molecule has 0 aliphatic heterocycles. The molecule has 17 heavy (non-hydrogen) atoms. The van der Waals surface area contributed by atoms with Crippen LogP contribution in [0.1, 0.15) is 43.4 Å². The summed E-state index contributed by atoms with van der Waals surface area (Å²) in [5, 5.41) is 3.69. The second kappa shape index (κ2) is 5.71. The van der Waals surface area contributed by atoms with Crippen LogP contribution >= 0.6 is 15.9 Å². The summed E-state index contributed by atoms with van der Waals surface area (Å²) in [6, 6.07) is 7.38. The Hall–Kier alpha value is -0.780. The first-order chi connectivity index (χ1) is 8.26. The zero-order valence-electron chi connectivity index (χ0n) is 10.2. The lowest BCUT2D eigenvalue weighted by molar-refractivity contribution is 0.427. The summed E-state index contributed by atoms with van der Waals surface area (Å²) >= 11 is 3.63. The first-order valence-corrected chi connectivity index (χ1v) is 7.02. The van der Waals surface area contributed by atoms with Crippen LogP contribution in [0.25, 0.3) is 0 Å². The van der Waals surface area contributed by atoms with Gasteiger partial charge in [-0.15, -0.1) is 12.3 Å². The first kappa shape index (κ1) is 12.7. The fraction of sp³-hybridized carbons (Fsp3) is 0.467. The Bertz CT molecular complexity index is 433. The topological polar surface area (TPSA) is 12.0 Å². The van der Waals surface area contributed by atoms with Crippen molar-refractivity contribution in [3.63, 3.8) is 0 Å². The highest BCUT2D eigenvalue weighted by Crippen LogP contribution is 2.36.